The lowest BCUT2D eigenvalue weighted by atomic mass is 10.0. The van der Waals surface area contributed by atoms with Crippen LogP contribution in [0.3, 0.4) is 0 Å². The number of benzene rings is 2. The molecule has 1 aliphatic carbocycles. The number of rotatable bonds is 8. The van der Waals surface area contributed by atoms with Crippen LogP contribution in [0.2, 0.25) is 0 Å². The Morgan fingerprint density at radius 2 is 1.93 bits per heavy atom. The number of fused-ring (bicyclic) bond motifs is 1. The molecule has 0 saturated heterocycles. The molecule has 146 valence electrons. The molecule has 3 nitrogen and oxygen atoms in total. The molecule has 1 aliphatic rings. The van der Waals surface area contributed by atoms with Gasteiger partial charge in [0.15, 0.2) is 0 Å². The molecular formula is C23H25FN2OS. The van der Waals surface area contributed by atoms with Crippen molar-refractivity contribution in [3.05, 3.63) is 70.5 Å². The van der Waals surface area contributed by atoms with Gasteiger partial charge in [-0.15, -0.1) is 11.8 Å². The van der Waals surface area contributed by atoms with Gasteiger partial charge in [0, 0.05) is 30.7 Å². The molecule has 0 heterocycles. The van der Waals surface area contributed by atoms with E-state index in [1.807, 2.05) is 6.07 Å². The maximum atomic E-state index is 13.9. The molecule has 0 bridgehead atoms. The highest BCUT2D eigenvalue weighted by molar-refractivity contribution is 7.98. The van der Waals surface area contributed by atoms with E-state index in [1.54, 1.807) is 24.0 Å². The van der Waals surface area contributed by atoms with Crippen molar-refractivity contribution in [3.63, 3.8) is 0 Å². The molecule has 0 aromatic heterocycles. The first kappa shape index (κ1) is 20.4. The van der Waals surface area contributed by atoms with Gasteiger partial charge in [-0.05, 0) is 83.4 Å². The van der Waals surface area contributed by atoms with E-state index in [0.29, 0.717) is 13.0 Å². The van der Waals surface area contributed by atoms with E-state index in [4.69, 9.17) is 5.11 Å². The first-order valence-electron chi connectivity index (χ1n) is 9.35. The summed E-state index contributed by atoms with van der Waals surface area (Å²) in [5, 5.41) is 12.9. The highest BCUT2D eigenvalue weighted by Crippen LogP contribution is 2.43. The molecule has 0 spiro atoms. The van der Waals surface area contributed by atoms with Crippen LogP contribution in [-0.2, 0) is 0 Å². The third-order valence-corrected chi connectivity index (χ3v) is 5.55. The Balaban J connectivity index is 1.87. The van der Waals surface area contributed by atoms with Crippen molar-refractivity contribution in [1.29, 1.82) is 0 Å². The van der Waals surface area contributed by atoms with Crippen LogP contribution in [0, 0.1) is 5.82 Å². The molecule has 2 N–H and O–H groups in total. The van der Waals surface area contributed by atoms with Crippen LogP contribution >= 0.6 is 11.8 Å². The van der Waals surface area contributed by atoms with Gasteiger partial charge in [0.1, 0.15) is 5.82 Å². The number of hydrogen-bond acceptors (Lipinski definition) is 4. The summed E-state index contributed by atoms with van der Waals surface area (Å²) in [4.78, 5) is 1.23. The van der Waals surface area contributed by atoms with E-state index in [0.717, 1.165) is 34.3 Å². The molecule has 0 fully saturated rings. The normalized spacial score (nSPS) is 14.9. The predicted molar refractivity (Wildman–Crippen MR) is 118 cm³/mol. The maximum Gasteiger partial charge on any atom is 0.123 e. The molecule has 0 radical (unpaired) electrons. The van der Waals surface area contributed by atoms with Gasteiger partial charge in [-0.25, -0.2) is 4.39 Å². The fourth-order valence-corrected chi connectivity index (χ4v) is 3.78. The van der Waals surface area contributed by atoms with E-state index in [1.165, 1.54) is 16.5 Å². The highest BCUT2D eigenvalue weighted by atomic mass is 32.2. The zero-order valence-electron chi connectivity index (χ0n) is 16.2. The van der Waals surface area contributed by atoms with E-state index in [9.17, 15) is 4.39 Å². The second kappa shape index (κ2) is 9.71. The Morgan fingerprint density at radius 3 is 2.64 bits per heavy atom. The number of aliphatic hydroxyl groups is 1. The van der Waals surface area contributed by atoms with Crippen molar-refractivity contribution in [1.82, 2.24) is 5.43 Å². The van der Waals surface area contributed by atoms with E-state index >= 15 is 0 Å². The lowest BCUT2D eigenvalue weighted by molar-refractivity contribution is 0.308. The van der Waals surface area contributed by atoms with Crippen molar-refractivity contribution in [2.45, 2.75) is 24.7 Å². The average Bonchev–Trinajstić information content (AvgIpc) is 2.96. The third kappa shape index (κ3) is 4.72. The topological polar surface area (TPSA) is 44.6 Å². The minimum Gasteiger partial charge on any atom is -0.396 e. The van der Waals surface area contributed by atoms with Crippen LogP contribution in [0.4, 0.5) is 4.39 Å². The monoisotopic (exact) mass is 396 g/mol. The molecule has 28 heavy (non-hydrogen) atoms. The molecule has 0 amide bonds. The number of halogens is 1. The predicted octanol–water partition coefficient (Wildman–Crippen LogP) is 5.22. The maximum absolute atomic E-state index is 13.9. The van der Waals surface area contributed by atoms with Gasteiger partial charge in [0.25, 0.3) is 0 Å². The Labute approximate surface area is 170 Å². The number of hydrogen-bond donors (Lipinski definition) is 2. The highest BCUT2D eigenvalue weighted by Gasteiger charge is 2.23. The van der Waals surface area contributed by atoms with Gasteiger partial charge in [0.05, 0.1) is 0 Å². The number of allylic oxidation sites excluding steroid dienone is 2. The molecule has 2 aromatic carbocycles. The molecule has 0 saturated carbocycles. The second-order valence-electron chi connectivity index (χ2n) is 6.61. The quantitative estimate of drug-likeness (QED) is 0.278. The fourth-order valence-electron chi connectivity index (χ4n) is 3.37. The minimum atomic E-state index is -0.219. The van der Waals surface area contributed by atoms with Gasteiger partial charge >= 0.3 is 0 Å². The van der Waals surface area contributed by atoms with E-state index < -0.39 is 0 Å². The Morgan fingerprint density at radius 1 is 1.14 bits per heavy atom. The third-order valence-electron chi connectivity index (χ3n) is 4.81. The number of aliphatic hydroxyl groups excluding tert-OH is 1. The number of thioether (sulfide) groups is 1. The summed E-state index contributed by atoms with van der Waals surface area (Å²) in [5.41, 5.74) is 9.64. The van der Waals surface area contributed by atoms with Gasteiger partial charge in [-0.2, -0.15) is 5.10 Å². The zero-order chi connectivity index (χ0) is 19.9. The minimum absolute atomic E-state index is 0.0914. The van der Waals surface area contributed by atoms with E-state index in [-0.39, 0.29) is 12.4 Å². The number of nitrogens with one attached hydrogen (secondary N) is 1. The van der Waals surface area contributed by atoms with Crippen molar-refractivity contribution in [3.8, 4) is 0 Å². The first-order chi connectivity index (χ1) is 13.6. The molecule has 2 aromatic rings. The summed E-state index contributed by atoms with van der Waals surface area (Å²) in [6.45, 7) is 2.85. The molecule has 0 unspecified atom stereocenters. The second-order valence-corrected chi connectivity index (χ2v) is 7.49. The van der Waals surface area contributed by atoms with Crippen molar-refractivity contribution in [2.24, 2.45) is 5.10 Å². The summed E-state index contributed by atoms with van der Waals surface area (Å²) < 4.78 is 13.9. The zero-order valence-corrected chi connectivity index (χ0v) is 17.0. The van der Waals surface area contributed by atoms with Crippen molar-refractivity contribution >= 4 is 35.2 Å². The standard InChI is InChI=1S/C23H25FN2OS/c1-16-20(10-12-26-25-11-3-13-27)23-15-18(24)6-9-21(23)22(16)14-17-4-7-19(28-2)8-5-17/h4-9,11,14-15,26-27H,3,10,12-13H2,1-2H3/b22-14-,25-11+. The summed E-state index contributed by atoms with van der Waals surface area (Å²) >= 11 is 1.72. The fraction of sp³-hybridized carbons (Fsp3) is 0.261. The lowest BCUT2D eigenvalue weighted by Gasteiger charge is -2.06. The number of hydrazone groups is 1. The molecular weight excluding hydrogens is 371 g/mol. The average molecular weight is 397 g/mol. The summed E-state index contributed by atoms with van der Waals surface area (Å²) in [6, 6.07) is 13.5. The van der Waals surface area contributed by atoms with Gasteiger partial charge in [0.2, 0.25) is 0 Å². The van der Waals surface area contributed by atoms with Crippen molar-refractivity contribution in [2.75, 3.05) is 19.4 Å². The Kier molecular flexibility index (Phi) is 7.06. The summed E-state index contributed by atoms with van der Waals surface area (Å²) in [5.74, 6) is -0.219. The molecule has 0 aliphatic heterocycles. The molecule has 0 atom stereocenters. The van der Waals surface area contributed by atoms with Gasteiger partial charge < -0.3 is 10.5 Å². The van der Waals surface area contributed by atoms with Crippen molar-refractivity contribution < 1.29 is 9.50 Å². The molecule has 3 rings (SSSR count). The van der Waals surface area contributed by atoms with Gasteiger partial charge in [-0.1, -0.05) is 18.2 Å². The summed E-state index contributed by atoms with van der Waals surface area (Å²) in [7, 11) is 0. The smallest absolute Gasteiger partial charge is 0.123 e. The van der Waals surface area contributed by atoms with Crippen LogP contribution in [0.1, 0.15) is 36.5 Å². The lowest BCUT2D eigenvalue weighted by Crippen LogP contribution is -2.08. The summed E-state index contributed by atoms with van der Waals surface area (Å²) in [6.07, 6.45) is 7.19. The SMILES string of the molecule is CSc1ccc(/C=C2/C(C)=C(CCN/N=C/CCO)c3cc(F)ccc32)cc1. The first-order valence-corrected chi connectivity index (χ1v) is 10.6. The Hall–Kier alpha value is -2.37. The van der Waals surface area contributed by atoms with Crippen LogP contribution < -0.4 is 5.43 Å². The van der Waals surface area contributed by atoms with Crippen LogP contribution in [-0.4, -0.2) is 30.7 Å². The molecule has 5 heteroatoms. The van der Waals surface area contributed by atoms with Crippen LogP contribution in [0.25, 0.3) is 17.2 Å². The number of nitrogens with zero attached hydrogens (tertiary/aromatic N) is 1. The largest absolute Gasteiger partial charge is 0.396 e. The van der Waals surface area contributed by atoms with E-state index in [2.05, 4.69) is 54.0 Å². The Bertz CT molecular complexity index is 917. The van der Waals surface area contributed by atoms with Crippen LogP contribution in [0.15, 0.2) is 58.0 Å². The van der Waals surface area contributed by atoms with Gasteiger partial charge in [-0.3, -0.25) is 0 Å². The van der Waals surface area contributed by atoms with Crippen LogP contribution in [0.5, 0.6) is 0 Å².